The van der Waals surface area contributed by atoms with Crippen molar-refractivity contribution in [2.45, 2.75) is 51.7 Å². The van der Waals surface area contributed by atoms with E-state index in [4.69, 9.17) is 9.72 Å². The highest BCUT2D eigenvalue weighted by atomic mass is 16.5. The first kappa shape index (κ1) is 28.1. The van der Waals surface area contributed by atoms with Crippen molar-refractivity contribution in [3.05, 3.63) is 106 Å². The number of piperidine rings is 1. The second-order valence-corrected chi connectivity index (χ2v) is 11.3. The van der Waals surface area contributed by atoms with Gasteiger partial charge in [0, 0.05) is 19.0 Å². The Morgan fingerprint density at radius 2 is 1.57 bits per heavy atom. The van der Waals surface area contributed by atoms with Gasteiger partial charge in [-0.05, 0) is 68.9 Å². The fourth-order valence-electron chi connectivity index (χ4n) is 6.72. The number of fused-ring (bicyclic) bond motifs is 3. The predicted molar refractivity (Wildman–Crippen MR) is 165 cm³/mol. The van der Waals surface area contributed by atoms with Crippen LogP contribution in [-0.4, -0.2) is 55.7 Å². The van der Waals surface area contributed by atoms with E-state index in [9.17, 15) is 9.90 Å². The second-order valence-electron chi connectivity index (χ2n) is 11.3. The van der Waals surface area contributed by atoms with E-state index in [1.165, 1.54) is 0 Å². The minimum atomic E-state index is -1.02. The molecule has 0 saturated carbocycles. The maximum Gasteiger partial charge on any atom is 0.277 e. The largest absolute Gasteiger partial charge is 0.481 e. The van der Waals surface area contributed by atoms with Gasteiger partial charge in [-0.15, -0.1) is 0 Å². The normalized spacial score (nSPS) is 15.0. The SMILES string of the molecule is CCc1nc(C)c2c(=O)n(CCCN3CCC(C(O)(c4ccccc4)c4ccccc4)CC3)c3ccc(OC)nc3n12. The number of hydrogen-bond donors (Lipinski definition) is 1. The molecule has 0 aliphatic carbocycles. The van der Waals surface area contributed by atoms with Crippen molar-refractivity contribution >= 4 is 16.7 Å². The van der Waals surface area contributed by atoms with Crippen LogP contribution in [0.4, 0.5) is 0 Å². The van der Waals surface area contributed by atoms with Gasteiger partial charge in [-0.1, -0.05) is 67.6 Å². The maximum absolute atomic E-state index is 13.8. The average Bonchev–Trinajstić information content (AvgIpc) is 3.39. The van der Waals surface area contributed by atoms with Gasteiger partial charge in [-0.3, -0.25) is 9.20 Å². The van der Waals surface area contributed by atoms with Crippen LogP contribution in [0.25, 0.3) is 16.7 Å². The first-order chi connectivity index (χ1) is 20.5. The molecule has 5 aromatic rings. The molecule has 0 bridgehead atoms. The maximum atomic E-state index is 13.8. The Labute approximate surface area is 246 Å². The molecule has 2 aromatic carbocycles. The highest BCUT2D eigenvalue weighted by Crippen LogP contribution is 2.41. The van der Waals surface area contributed by atoms with Crippen molar-refractivity contribution < 1.29 is 9.84 Å². The van der Waals surface area contributed by atoms with Crippen molar-refractivity contribution in [1.29, 1.82) is 0 Å². The van der Waals surface area contributed by atoms with Gasteiger partial charge < -0.3 is 19.3 Å². The highest BCUT2D eigenvalue weighted by molar-refractivity contribution is 5.77. The quantitative estimate of drug-likeness (QED) is 0.272. The van der Waals surface area contributed by atoms with E-state index in [0.717, 1.165) is 67.1 Å². The third-order valence-electron chi connectivity index (χ3n) is 8.89. The summed E-state index contributed by atoms with van der Waals surface area (Å²) in [5.74, 6) is 1.45. The fourth-order valence-corrected chi connectivity index (χ4v) is 6.72. The third kappa shape index (κ3) is 4.88. The van der Waals surface area contributed by atoms with Crippen LogP contribution in [0.5, 0.6) is 5.88 Å². The summed E-state index contributed by atoms with van der Waals surface area (Å²) in [5.41, 5.74) is 3.63. The molecule has 8 heteroatoms. The molecule has 8 nitrogen and oxygen atoms in total. The number of imidazole rings is 1. The molecule has 1 N–H and O–H groups in total. The Morgan fingerprint density at radius 3 is 2.17 bits per heavy atom. The number of pyridine rings is 1. The van der Waals surface area contributed by atoms with Crippen LogP contribution < -0.4 is 10.3 Å². The van der Waals surface area contributed by atoms with E-state index in [0.29, 0.717) is 30.0 Å². The number of ether oxygens (including phenoxy) is 1. The van der Waals surface area contributed by atoms with E-state index in [1.54, 1.807) is 7.11 Å². The van der Waals surface area contributed by atoms with E-state index in [-0.39, 0.29) is 11.5 Å². The Bertz CT molecular complexity index is 1700. The van der Waals surface area contributed by atoms with Crippen molar-refractivity contribution in [3.63, 3.8) is 0 Å². The van der Waals surface area contributed by atoms with E-state index < -0.39 is 5.60 Å². The molecule has 1 saturated heterocycles. The van der Waals surface area contributed by atoms with Gasteiger partial charge in [-0.2, -0.15) is 4.98 Å². The molecule has 218 valence electrons. The number of aliphatic hydroxyl groups is 1. The third-order valence-corrected chi connectivity index (χ3v) is 8.89. The summed E-state index contributed by atoms with van der Waals surface area (Å²) >= 11 is 0. The van der Waals surface area contributed by atoms with Crippen LogP contribution in [0.15, 0.2) is 77.6 Å². The molecule has 1 aliphatic heterocycles. The van der Waals surface area contributed by atoms with Gasteiger partial charge in [0.25, 0.3) is 5.56 Å². The molecule has 1 fully saturated rings. The van der Waals surface area contributed by atoms with E-state index >= 15 is 0 Å². The average molecular weight is 566 g/mol. The standard InChI is InChI=1S/C34H39N5O3/c1-4-29-35-24(2)31-33(40)38(28-16-17-30(42-3)36-32(28)39(29)31)21-11-20-37-22-18-27(19-23-37)34(41,25-12-7-5-8-13-25)26-14-9-6-10-15-26/h5-10,12-17,27,41H,4,11,18-23H2,1-3H3. The van der Waals surface area contributed by atoms with Crippen LogP contribution >= 0.6 is 0 Å². The van der Waals surface area contributed by atoms with Crippen LogP contribution in [0.1, 0.15) is 48.8 Å². The molecule has 0 atom stereocenters. The van der Waals surface area contributed by atoms with Gasteiger partial charge >= 0.3 is 0 Å². The molecule has 0 amide bonds. The highest BCUT2D eigenvalue weighted by Gasteiger charge is 2.41. The summed E-state index contributed by atoms with van der Waals surface area (Å²) in [6.07, 6.45) is 3.32. The van der Waals surface area contributed by atoms with Crippen LogP contribution in [-0.2, 0) is 18.6 Å². The molecule has 3 aromatic heterocycles. The number of hydrogen-bond acceptors (Lipinski definition) is 6. The van der Waals surface area contributed by atoms with Gasteiger partial charge in [-0.25, -0.2) is 4.98 Å². The van der Waals surface area contributed by atoms with Crippen molar-refractivity contribution in [1.82, 2.24) is 23.8 Å². The molecule has 0 spiro atoms. The van der Waals surface area contributed by atoms with Crippen molar-refractivity contribution in [2.24, 2.45) is 5.92 Å². The van der Waals surface area contributed by atoms with E-state index in [2.05, 4.69) is 9.88 Å². The number of likely N-dealkylation sites (tertiary alicyclic amines) is 1. The molecular weight excluding hydrogens is 526 g/mol. The molecular formula is C34H39N5O3. The van der Waals surface area contributed by atoms with Gasteiger partial charge in [0.1, 0.15) is 16.9 Å². The van der Waals surface area contributed by atoms with Crippen LogP contribution in [0, 0.1) is 12.8 Å². The lowest BCUT2D eigenvalue weighted by molar-refractivity contribution is -0.0143. The van der Waals surface area contributed by atoms with Crippen LogP contribution in [0.3, 0.4) is 0 Å². The van der Waals surface area contributed by atoms with Crippen molar-refractivity contribution in [3.8, 4) is 5.88 Å². The smallest absolute Gasteiger partial charge is 0.277 e. The molecule has 4 heterocycles. The number of benzene rings is 2. The zero-order valence-electron chi connectivity index (χ0n) is 24.7. The monoisotopic (exact) mass is 565 g/mol. The molecule has 42 heavy (non-hydrogen) atoms. The first-order valence-electron chi connectivity index (χ1n) is 15.0. The molecule has 6 rings (SSSR count). The Morgan fingerprint density at radius 1 is 0.929 bits per heavy atom. The number of nitrogens with zero attached hydrogens (tertiary/aromatic N) is 5. The summed E-state index contributed by atoms with van der Waals surface area (Å²) < 4.78 is 9.16. The minimum Gasteiger partial charge on any atom is -0.481 e. The fraction of sp³-hybridized carbons (Fsp3) is 0.382. The summed E-state index contributed by atoms with van der Waals surface area (Å²) in [7, 11) is 1.60. The van der Waals surface area contributed by atoms with Crippen molar-refractivity contribution in [2.75, 3.05) is 26.7 Å². The lowest BCUT2D eigenvalue weighted by Crippen LogP contribution is -2.44. The molecule has 0 unspecified atom stereocenters. The lowest BCUT2D eigenvalue weighted by atomic mass is 9.72. The predicted octanol–water partition coefficient (Wildman–Crippen LogP) is 4.96. The summed E-state index contributed by atoms with van der Waals surface area (Å²) in [6, 6.07) is 23.9. The molecule has 1 aliphatic rings. The van der Waals surface area contributed by atoms with Gasteiger partial charge in [0.05, 0.1) is 18.3 Å². The molecule has 0 radical (unpaired) electrons. The zero-order valence-corrected chi connectivity index (χ0v) is 24.7. The number of aromatic nitrogens is 4. The topological polar surface area (TPSA) is 84.9 Å². The van der Waals surface area contributed by atoms with Crippen LogP contribution in [0.2, 0.25) is 0 Å². The number of methoxy groups -OCH3 is 1. The van der Waals surface area contributed by atoms with E-state index in [1.807, 2.05) is 95.6 Å². The summed E-state index contributed by atoms with van der Waals surface area (Å²) in [5, 5.41) is 12.2. The minimum absolute atomic E-state index is 0.0336. The Hall–Kier alpha value is -4.01. The number of rotatable bonds is 9. The first-order valence-corrected chi connectivity index (χ1v) is 15.0. The zero-order chi connectivity index (χ0) is 29.3. The summed E-state index contributed by atoms with van der Waals surface area (Å²) in [4.78, 5) is 25.6. The Kier molecular flexibility index (Phi) is 7.84. The van der Waals surface area contributed by atoms with Gasteiger partial charge in [0.15, 0.2) is 5.65 Å². The summed E-state index contributed by atoms with van der Waals surface area (Å²) in [6.45, 7) is 7.20. The second kappa shape index (κ2) is 11.7. The van der Waals surface area contributed by atoms with Gasteiger partial charge in [0.2, 0.25) is 5.88 Å². The lowest BCUT2D eigenvalue weighted by Gasteiger charge is -2.42. The Balaban J connectivity index is 1.20. The number of aryl methyl sites for hydroxylation is 3.